The highest BCUT2D eigenvalue weighted by Crippen LogP contribution is 2.29. The van der Waals surface area contributed by atoms with Crippen molar-refractivity contribution in [3.05, 3.63) is 28.6 Å². The molecule has 0 aromatic carbocycles. The van der Waals surface area contributed by atoms with Crippen LogP contribution in [0.1, 0.15) is 28.8 Å². The second-order valence-electron chi connectivity index (χ2n) is 3.14. The Labute approximate surface area is 104 Å². The van der Waals surface area contributed by atoms with E-state index in [1.165, 1.54) is 0 Å². The SMILES string of the molecule is N#Cc1ncc(CC(=O)O)c(C(F)F)c1CBr. The maximum Gasteiger partial charge on any atom is 0.307 e. The van der Waals surface area contributed by atoms with Crippen molar-refractivity contribution >= 4 is 21.9 Å². The lowest BCUT2D eigenvalue weighted by Crippen LogP contribution is -2.09. The minimum absolute atomic E-state index is 0.0238. The van der Waals surface area contributed by atoms with Crippen LogP contribution in [0, 0.1) is 11.3 Å². The number of aliphatic carboxylic acids is 1. The topological polar surface area (TPSA) is 74.0 Å². The van der Waals surface area contributed by atoms with Crippen LogP contribution in [-0.4, -0.2) is 16.1 Å². The zero-order valence-corrected chi connectivity index (χ0v) is 10.0. The van der Waals surface area contributed by atoms with Gasteiger partial charge in [-0.2, -0.15) is 5.26 Å². The Kier molecular flexibility index (Phi) is 4.52. The normalized spacial score (nSPS) is 10.3. The summed E-state index contributed by atoms with van der Waals surface area (Å²) < 4.78 is 25.8. The van der Waals surface area contributed by atoms with Crippen molar-refractivity contribution in [2.45, 2.75) is 18.2 Å². The van der Waals surface area contributed by atoms with Crippen LogP contribution in [-0.2, 0) is 16.5 Å². The van der Waals surface area contributed by atoms with Crippen molar-refractivity contribution in [2.24, 2.45) is 0 Å². The number of rotatable bonds is 4. The largest absolute Gasteiger partial charge is 0.481 e. The Morgan fingerprint density at radius 1 is 1.65 bits per heavy atom. The average Bonchev–Trinajstić information content (AvgIpc) is 2.26. The van der Waals surface area contributed by atoms with Gasteiger partial charge in [0.05, 0.1) is 6.42 Å². The molecule has 7 heteroatoms. The van der Waals surface area contributed by atoms with Gasteiger partial charge in [0.1, 0.15) is 11.8 Å². The minimum atomic E-state index is -2.84. The molecule has 0 amide bonds. The van der Waals surface area contributed by atoms with Gasteiger partial charge in [-0.1, -0.05) is 15.9 Å². The number of carboxylic acids is 1. The van der Waals surface area contributed by atoms with E-state index >= 15 is 0 Å². The number of hydrogen-bond donors (Lipinski definition) is 1. The van der Waals surface area contributed by atoms with Gasteiger partial charge in [0.15, 0.2) is 0 Å². The van der Waals surface area contributed by atoms with E-state index in [1.807, 2.05) is 0 Å². The molecule has 0 spiro atoms. The molecular weight excluding hydrogens is 298 g/mol. The molecule has 0 aliphatic heterocycles. The molecule has 0 saturated heterocycles. The smallest absolute Gasteiger partial charge is 0.307 e. The molecule has 1 N–H and O–H groups in total. The summed E-state index contributed by atoms with van der Waals surface area (Å²) in [6, 6.07) is 1.70. The molecule has 0 unspecified atom stereocenters. The number of pyridine rings is 1. The van der Waals surface area contributed by atoms with Gasteiger partial charge in [-0.15, -0.1) is 0 Å². The first-order chi connectivity index (χ1) is 8.01. The zero-order valence-electron chi connectivity index (χ0n) is 8.45. The van der Waals surface area contributed by atoms with Crippen LogP contribution in [0.25, 0.3) is 0 Å². The third kappa shape index (κ3) is 2.97. The second-order valence-corrected chi connectivity index (χ2v) is 3.70. The van der Waals surface area contributed by atoms with Crippen LogP contribution in [0.2, 0.25) is 0 Å². The van der Waals surface area contributed by atoms with Crippen molar-refractivity contribution in [3.63, 3.8) is 0 Å². The number of nitriles is 1. The first kappa shape index (κ1) is 13.5. The van der Waals surface area contributed by atoms with E-state index in [1.54, 1.807) is 6.07 Å². The van der Waals surface area contributed by atoms with Gasteiger partial charge in [0.2, 0.25) is 0 Å². The molecule has 1 aromatic rings. The van der Waals surface area contributed by atoms with E-state index in [0.29, 0.717) is 0 Å². The van der Waals surface area contributed by atoms with Crippen LogP contribution in [0.15, 0.2) is 6.20 Å². The molecule has 0 bridgehead atoms. The predicted molar refractivity (Wildman–Crippen MR) is 57.9 cm³/mol. The first-order valence-electron chi connectivity index (χ1n) is 4.47. The lowest BCUT2D eigenvalue weighted by molar-refractivity contribution is -0.136. The summed E-state index contributed by atoms with van der Waals surface area (Å²) in [5, 5.41) is 17.4. The van der Waals surface area contributed by atoms with Gasteiger partial charge in [0, 0.05) is 22.7 Å². The molecule has 17 heavy (non-hydrogen) atoms. The fourth-order valence-corrected chi connectivity index (χ4v) is 1.99. The van der Waals surface area contributed by atoms with Crippen LogP contribution in [0.5, 0.6) is 0 Å². The third-order valence-corrected chi connectivity index (χ3v) is 2.67. The molecule has 0 saturated carbocycles. The maximum atomic E-state index is 12.9. The number of halogens is 3. The Balaban J connectivity index is 3.43. The summed E-state index contributed by atoms with van der Waals surface area (Å²) in [6.07, 6.45) is -2.37. The number of carbonyl (C=O) groups is 1. The van der Waals surface area contributed by atoms with Gasteiger partial charge >= 0.3 is 5.97 Å². The Bertz CT molecular complexity index is 486. The monoisotopic (exact) mass is 304 g/mol. The van der Waals surface area contributed by atoms with E-state index in [-0.39, 0.29) is 22.2 Å². The molecule has 90 valence electrons. The third-order valence-electron chi connectivity index (χ3n) is 2.11. The lowest BCUT2D eigenvalue weighted by atomic mass is 10.0. The summed E-state index contributed by atoms with van der Waals surface area (Å²) in [5.74, 6) is -1.22. The van der Waals surface area contributed by atoms with E-state index in [9.17, 15) is 13.6 Å². The molecule has 0 atom stereocenters. The lowest BCUT2D eigenvalue weighted by Gasteiger charge is -2.12. The van der Waals surface area contributed by atoms with Crippen molar-refractivity contribution in [2.75, 3.05) is 0 Å². The molecule has 1 aromatic heterocycles. The summed E-state index contributed by atoms with van der Waals surface area (Å²) in [7, 11) is 0. The molecule has 1 rings (SSSR count). The predicted octanol–water partition coefficient (Wildman–Crippen LogP) is 2.41. The summed E-state index contributed by atoms with van der Waals surface area (Å²) in [5.41, 5.74) is -0.565. The van der Waals surface area contributed by atoms with Crippen LogP contribution >= 0.6 is 15.9 Å². The fraction of sp³-hybridized carbons (Fsp3) is 0.300. The van der Waals surface area contributed by atoms with Crippen LogP contribution in [0.4, 0.5) is 8.78 Å². The van der Waals surface area contributed by atoms with Gasteiger partial charge in [-0.3, -0.25) is 4.79 Å². The number of nitrogens with zero attached hydrogens (tertiary/aromatic N) is 2. The number of hydrogen-bond acceptors (Lipinski definition) is 3. The van der Waals surface area contributed by atoms with Gasteiger partial charge < -0.3 is 5.11 Å². The molecule has 0 radical (unpaired) electrons. The molecule has 0 fully saturated rings. The van der Waals surface area contributed by atoms with Crippen molar-refractivity contribution in [3.8, 4) is 6.07 Å². The highest BCUT2D eigenvalue weighted by Gasteiger charge is 2.22. The highest BCUT2D eigenvalue weighted by atomic mass is 79.9. The average molecular weight is 305 g/mol. The Morgan fingerprint density at radius 2 is 2.29 bits per heavy atom. The summed E-state index contributed by atoms with van der Waals surface area (Å²) in [4.78, 5) is 14.2. The van der Waals surface area contributed by atoms with E-state index in [0.717, 1.165) is 6.20 Å². The van der Waals surface area contributed by atoms with Crippen molar-refractivity contribution in [1.29, 1.82) is 5.26 Å². The number of carboxylic acid groups (broad SMARTS) is 1. The van der Waals surface area contributed by atoms with Crippen LogP contribution < -0.4 is 0 Å². The van der Waals surface area contributed by atoms with E-state index in [2.05, 4.69) is 20.9 Å². The van der Waals surface area contributed by atoms with Gasteiger partial charge in [0.25, 0.3) is 6.43 Å². The number of aromatic nitrogens is 1. The standard InChI is InChI=1S/C10H7BrF2N2O2/c11-2-6-7(3-14)15-4-5(1-8(16)17)9(6)10(12)13/h4,10H,1-2H2,(H,16,17). The van der Waals surface area contributed by atoms with E-state index < -0.39 is 24.4 Å². The van der Waals surface area contributed by atoms with E-state index in [4.69, 9.17) is 10.4 Å². The molecule has 1 heterocycles. The highest BCUT2D eigenvalue weighted by molar-refractivity contribution is 9.08. The molecule has 4 nitrogen and oxygen atoms in total. The second kappa shape index (κ2) is 5.68. The maximum absolute atomic E-state index is 12.9. The molecule has 0 aliphatic rings. The molecule has 0 aliphatic carbocycles. The first-order valence-corrected chi connectivity index (χ1v) is 5.60. The molecular formula is C10H7BrF2N2O2. The van der Waals surface area contributed by atoms with Crippen molar-refractivity contribution < 1.29 is 18.7 Å². The quantitative estimate of drug-likeness (QED) is 0.867. The van der Waals surface area contributed by atoms with Crippen molar-refractivity contribution in [1.82, 2.24) is 4.98 Å². The zero-order chi connectivity index (χ0) is 13.0. The Morgan fingerprint density at radius 3 is 2.71 bits per heavy atom. The van der Waals surface area contributed by atoms with Crippen LogP contribution in [0.3, 0.4) is 0 Å². The number of alkyl halides is 3. The van der Waals surface area contributed by atoms with Gasteiger partial charge in [-0.05, 0) is 5.56 Å². The summed E-state index contributed by atoms with van der Waals surface area (Å²) in [6.45, 7) is 0. The Hall–Kier alpha value is -1.55. The summed E-state index contributed by atoms with van der Waals surface area (Å²) >= 11 is 3.00. The minimum Gasteiger partial charge on any atom is -0.481 e. The van der Waals surface area contributed by atoms with Gasteiger partial charge in [-0.25, -0.2) is 13.8 Å². The fourth-order valence-electron chi connectivity index (χ4n) is 1.42.